The zero-order valence-corrected chi connectivity index (χ0v) is 17.4. The molecule has 1 aromatic heterocycles. The van der Waals surface area contributed by atoms with Crippen LogP contribution >= 0.6 is 0 Å². The minimum absolute atomic E-state index is 0.0165. The first-order valence-corrected chi connectivity index (χ1v) is 9.89. The van der Waals surface area contributed by atoms with E-state index in [0.29, 0.717) is 42.8 Å². The predicted octanol–water partition coefficient (Wildman–Crippen LogP) is 2.32. The van der Waals surface area contributed by atoms with Crippen molar-refractivity contribution in [3.8, 4) is 0 Å². The zero-order valence-electron chi connectivity index (χ0n) is 17.4. The smallest absolute Gasteiger partial charge is 0.410 e. The molecule has 3 rings (SSSR count). The molecule has 1 aliphatic rings. The number of fused-ring (bicyclic) bond motifs is 1. The van der Waals surface area contributed by atoms with Crippen molar-refractivity contribution in [1.82, 2.24) is 19.8 Å². The lowest BCUT2D eigenvalue weighted by Crippen LogP contribution is -2.56. The van der Waals surface area contributed by atoms with E-state index in [1.165, 1.54) is 0 Å². The van der Waals surface area contributed by atoms with Gasteiger partial charge < -0.3 is 19.5 Å². The van der Waals surface area contributed by atoms with Gasteiger partial charge >= 0.3 is 6.09 Å². The molecule has 2 aromatic rings. The third kappa shape index (κ3) is 5.13. The van der Waals surface area contributed by atoms with Gasteiger partial charge in [-0.1, -0.05) is 12.1 Å². The maximum atomic E-state index is 12.7. The normalized spacial score (nSPS) is 17.4. The maximum Gasteiger partial charge on any atom is 0.410 e. The molecule has 0 saturated carbocycles. The van der Waals surface area contributed by atoms with E-state index in [9.17, 15) is 14.4 Å². The first-order chi connectivity index (χ1) is 13.6. The number of aromatic nitrogens is 2. The average Bonchev–Trinajstić information content (AvgIpc) is 2.64. The molecule has 1 N–H and O–H groups in total. The van der Waals surface area contributed by atoms with Gasteiger partial charge in [0.25, 0.3) is 5.56 Å². The highest BCUT2D eigenvalue weighted by Crippen LogP contribution is 2.16. The largest absolute Gasteiger partial charge is 0.444 e. The number of nitrogens with one attached hydrogen (secondary N) is 1. The van der Waals surface area contributed by atoms with E-state index < -0.39 is 5.60 Å². The van der Waals surface area contributed by atoms with Crippen LogP contribution in [-0.4, -0.2) is 63.0 Å². The summed E-state index contributed by atoms with van der Waals surface area (Å²) in [6.07, 6.45) is 0.255. The van der Waals surface area contributed by atoms with E-state index >= 15 is 0 Å². The molecule has 0 radical (unpaired) electrons. The first-order valence-electron chi connectivity index (χ1n) is 9.89. The van der Waals surface area contributed by atoms with Crippen molar-refractivity contribution < 1.29 is 14.3 Å². The topological polar surface area (TPSA) is 95.6 Å². The first kappa shape index (κ1) is 20.8. The molecule has 8 nitrogen and oxygen atoms in total. The van der Waals surface area contributed by atoms with Crippen LogP contribution in [0.4, 0.5) is 4.79 Å². The zero-order chi connectivity index (χ0) is 21.2. The number of carbonyl (C=O) groups is 2. The van der Waals surface area contributed by atoms with Crippen molar-refractivity contribution in [2.24, 2.45) is 0 Å². The summed E-state index contributed by atoms with van der Waals surface area (Å²) >= 11 is 0. The van der Waals surface area contributed by atoms with Crippen molar-refractivity contribution in [2.45, 2.75) is 52.2 Å². The number of aromatic amines is 1. The highest BCUT2D eigenvalue weighted by atomic mass is 16.6. The second-order valence-corrected chi connectivity index (χ2v) is 8.39. The van der Waals surface area contributed by atoms with Gasteiger partial charge in [-0.3, -0.25) is 9.59 Å². The molecule has 2 amide bonds. The number of para-hydroxylation sites is 1. The second kappa shape index (κ2) is 8.23. The van der Waals surface area contributed by atoms with Crippen molar-refractivity contribution in [1.29, 1.82) is 0 Å². The Morgan fingerprint density at radius 2 is 1.97 bits per heavy atom. The molecular formula is C21H28N4O4. The highest BCUT2D eigenvalue weighted by Gasteiger charge is 2.31. The molecule has 2 heterocycles. The van der Waals surface area contributed by atoms with Crippen LogP contribution in [-0.2, 0) is 16.0 Å². The van der Waals surface area contributed by atoms with E-state index in [1.54, 1.807) is 28.0 Å². The minimum atomic E-state index is -0.545. The molecule has 29 heavy (non-hydrogen) atoms. The summed E-state index contributed by atoms with van der Waals surface area (Å²) in [7, 11) is 0. The lowest BCUT2D eigenvalue weighted by Gasteiger charge is -2.40. The molecule has 0 bridgehead atoms. The Bertz CT molecular complexity index is 963. The van der Waals surface area contributed by atoms with Gasteiger partial charge in [0.05, 0.1) is 10.9 Å². The molecule has 0 aliphatic carbocycles. The number of carbonyl (C=O) groups excluding carboxylic acids is 2. The second-order valence-electron chi connectivity index (χ2n) is 8.39. The number of aryl methyl sites for hydroxylation is 1. The van der Waals surface area contributed by atoms with Crippen LogP contribution in [0.25, 0.3) is 10.9 Å². The molecule has 8 heteroatoms. The number of ether oxygens (including phenoxy) is 1. The SMILES string of the molecule is C[C@H]1CN(C(=O)OC(C)(C)C)CCN1C(=O)CCc1nc2ccccc2c(=O)[nH]1. The summed E-state index contributed by atoms with van der Waals surface area (Å²) in [6, 6.07) is 7.03. The summed E-state index contributed by atoms with van der Waals surface area (Å²) in [5.74, 6) is 0.485. The minimum Gasteiger partial charge on any atom is -0.444 e. The van der Waals surface area contributed by atoms with Crippen molar-refractivity contribution in [2.75, 3.05) is 19.6 Å². The van der Waals surface area contributed by atoms with Crippen molar-refractivity contribution in [3.63, 3.8) is 0 Å². The molecule has 1 saturated heterocycles. The summed E-state index contributed by atoms with van der Waals surface area (Å²) < 4.78 is 5.41. The van der Waals surface area contributed by atoms with E-state index in [0.717, 1.165) is 0 Å². The molecule has 0 spiro atoms. The highest BCUT2D eigenvalue weighted by molar-refractivity contribution is 5.78. The van der Waals surface area contributed by atoms with Crippen LogP contribution < -0.4 is 5.56 Å². The molecule has 0 unspecified atom stereocenters. The van der Waals surface area contributed by atoms with Crippen molar-refractivity contribution in [3.05, 3.63) is 40.4 Å². The number of nitrogens with zero attached hydrogens (tertiary/aromatic N) is 3. The number of piperazine rings is 1. The molecule has 1 fully saturated rings. The Kier molecular flexibility index (Phi) is 5.91. The Labute approximate surface area is 169 Å². The van der Waals surface area contributed by atoms with E-state index in [-0.39, 0.29) is 30.0 Å². The summed E-state index contributed by atoms with van der Waals surface area (Å²) in [5, 5.41) is 0.537. The van der Waals surface area contributed by atoms with Gasteiger partial charge in [0.15, 0.2) is 0 Å². The quantitative estimate of drug-likeness (QED) is 0.853. The monoisotopic (exact) mass is 400 g/mol. The summed E-state index contributed by atoms with van der Waals surface area (Å²) in [5.41, 5.74) is -0.118. The Hall–Kier alpha value is -2.90. The number of hydrogen-bond acceptors (Lipinski definition) is 5. The van der Waals surface area contributed by atoms with E-state index in [2.05, 4.69) is 9.97 Å². The standard InChI is InChI=1S/C21H28N4O4/c1-14-13-24(20(28)29-21(2,3)4)11-12-25(14)18(26)10-9-17-22-16-8-6-5-7-15(16)19(27)23-17/h5-8,14H,9-13H2,1-4H3,(H,22,23,27)/t14-/m0/s1. The molecule has 1 aromatic carbocycles. The fraction of sp³-hybridized carbons (Fsp3) is 0.524. The molecule has 1 aliphatic heterocycles. The Morgan fingerprint density at radius 1 is 1.24 bits per heavy atom. The number of amides is 2. The van der Waals surface area contributed by atoms with Crippen molar-refractivity contribution >= 4 is 22.9 Å². The van der Waals surface area contributed by atoms with Gasteiger partial charge in [-0.2, -0.15) is 0 Å². The fourth-order valence-electron chi connectivity index (χ4n) is 3.44. The van der Waals surface area contributed by atoms with Crippen LogP contribution in [0, 0.1) is 0 Å². The number of benzene rings is 1. The fourth-order valence-corrected chi connectivity index (χ4v) is 3.44. The predicted molar refractivity (Wildman–Crippen MR) is 110 cm³/mol. The molecular weight excluding hydrogens is 372 g/mol. The van der Waals surface area contributed by atoms with Crippen LogP contribution in [0.5, 0.6) is 0 Å². The molecule has 156 valence electrons. The lowest BCUT2D eigenvalue weighted by atomic mass is 10.1. The molecule has 1 atom stereocenters. The Balaban J connectivity index is 1.58. The number of H-pyrrole nitrogens is 1. The number of hydrogen-bond donors (Lipinski definition) is 1. The van der Waals surface area contributed by atoms with Crippen LogP contribution in [0.15, 0.2) is 29.1 Å². The maximum absolute atomic E-state index is 12.7. The van der Waals surface area contributed by atoms with Crippen LogP contribution in [0.3, 0.4) is 0 Å². The van der Waals surface area contributed by atoms with Gasteiger partial charge in [0, 0.05) is 38.5 Å². The van der Waals surface area contributed by atoms with Crippen LogP contribution in [0.1, 0.15) is 39.9 Å². The third-order valence-electron chi connectivity index (χ3n) is 4.84. The van der Waals surface area contributed by atoms with Gasteiger partial charge in [-0.25, -0.2) is 9.78 Å². The summed E-state index contributed by atoms with van der Waals surface area (Å²) in [6.45, 7) is 8.75. The lowest BCUT2D eigenvalue weighted by molar-refractivity contribution is -0.135. The van der Waals surface area contributed by atoms with Gasteiger partial charge in [-0.05, 0) is 39.8 Å². The van der Waals surface area contributed by atoms with Gasteiger partial charge in [0.2, 0.25) is 5.91 Å². The third-order valence-corrected chi connectivity index (χ3v) is 4.84. The van der Waals surface area contributed by atoms with Gasteiger partial charge in [0.1, 0.15) is 11.4 Å². The van der Waals surface area contributed by atoms with Crippen LogP contribution in [0.2, 0.25) is 0 Å². The van der Waals surface area contributed by atoms with E-state index in [1.807, 2.05) is 33.8 Å². The van der Waals surface area contributed by atoms with Gasteiger partial charge in [-0.15, -0.1) is 0 Å². The Morgan fingerprint density at radius 3 is 2.66 bits per heavy atom. The summed E-state index contributed by atoms with van der Waals surface area (Å²) in [4.78, 5) is 47.7. The number of rotatable bonds is 3. The average molecular weight is 400 g/mol. The van der Waals surface area contributed by atoms with E-state index in [4.69, 9.17) is 4.74 Å².